The summed E-state index contributed by atoms with van der Waals surface area (Å²) in [5.74, 6) is 0.826. The van der Waals surface area contributed by atoms with Gasteiger partial charge in [-0.1, -0.05) is 0 Å². The van der Waals surface area contributed by atoms with Crippen LogP contribution in [-0.4, -0.2) is 55.1 Å². The van der Waals surface area contributed by atoms with Gasteiger partial charge in [0, 0.05) is 32.4 Å². The lowest BCUT2D eigenvalue weighted by Crippen LogP contribution is -2.48. The first-order valence-corrected chi connectivity index (χ1v) is 8.19. The second-order valence-corrected chi connectivity index (χ2v) is 7.08. The van der Waals surface area contributed by atoms with Gasteiger partial charge in [-0.2, -0.15) is 0 Å². The van der Waals surface area contributed by atoms with Crippen LogP contribution in [0.15, 0.2) is 12.4 Å². The van der Waals surface area contributed by atoms with E-state index in [9.17, 15) is 8.42 Å². The molecule has 1 aromatic heterocycles. The first-order valence-electron chi connectivity index (χ1n) is 6.34. The van der Waals surface area contributed by atoms with Crippen molar-refractivity contribution in [3.05, 3.63) is 18.1 Å². The summed E-state index contributed by atoms with van der Waals surface area (Å²) in [6, 6.07) is 0.00561. The third kappa shape index (κ3) is 3.42. The summed E-state index contributed by atoms with van der Waals surface area (Å²) < 4.78 is 24.7. The average molecular weight is 284 g/mol. The lowest BCUT2D eigenvalue weighted by atomic mass is 10.1. The number of rotatable bonds is 3. The van der Waals surface area contributed by atoms with E-state index in [4.69, 9.17) is 0 Å². The Kier molecular flexibility index (Phi) is 4.05. The molecule has 0 N–H and O–H groups in total. The van der Waals surface area contributed by atoms with Gasteiger partial charge in [0.05, 0.1) is 18.1 Å². The molecule has 1 aromatic rings. The van der Waals surface area contributed by atoms with Gasteiger partial charge in [0.2, 0.25) is 10.0 Å². The number of hydrogen-bond donors (Lipinski definition) is 0. The molecule has 0 saturated carbocycles. The van der Waals surface area contributed by atoms with Crippen molar-refractivity contribution in [3.8, 4) is 0 Å². The summed E-state index contributed by atoms with van der Waals surface area (Å²) in [5.41, 5.74) is 0.871. The van der Waals surface area contributed by atoms with E-state index in [1.54, 1.807) is 19.4 Å². The molecular weight excluding hydrogens is 264 g/mol. The second-order valence-electron chi connectivity index (χ2n) is 5.04. The van der Waals surface area contributed by atoms with Crippen LogP contribution in [0.1, 0.15) is 18.5 Å². The first kappa shape index (κ1) is 14.2. The Morgan fingerprint density at radius 2 is 2.16 bits per heavy atom. The zero-order chi connectivity index (χ0) is 14.0. The Balaban J connectivity index is 2.13. The summed E-state index contributed by atoms with van der Waals surface area (Å²) in [5, 5.41) is 0. The van der Waals surface area contributed by atoms with Crippen molar-refractivity contribution in [1.29, 1.82) is 0 Å². The van der Waals surface area contributed by atoms with Crippen LogP contribution in [-0.2, 0) is 10.0 Å². The zero-order valence-electron chi connectivity index (χ0n) is 11.6. The zero-order valence-corrected chi connectivity index (χ0v) is 12.4. The Morgan fingerprint density at radius 1 is 1.42 bits per heavy atom. The Bertz CT molecular complexity index is 546. The number of aromatic nitrogens is 2. The summed E-state index contributed by atoms with van der Waals surface area (Å²) in [6.07, 6.45) is 6.54. The van der Waals surface area contributed by atoms with Crippen LogP contribution in [0.2, 0.25) is 0 Å². The minimum absolute atomic E-state index is 0.00561. The maximum atomic E-state index is 11.6. The van der Waals surface area contributed by atoms with Gasteiger partial charge in [-0.15, -0.1) is 0 Å². The predicted octanol–water partition coefficient (Wildman–Crippen LogP) is 0.645. The second kappa shape index (κ2) is 5.42. The Morgan fingerprint density at radius 3 is 2.79 bits per heavy atom. The molecule has 1 aliphatic rings. The first-order chi connectivity index (χ1) is 8.88. The summed E-state index contributed by atoms with van der Waals surface area (Å²) >= 11 is 0. The molecule has 0 aliphatic carbocycles. The van der Waals surface area contributed by atoms with Crippen molar-refractivity contribution in [2.75, 3.05) is 31.3 Å². The molecule has 6 nitrogen and oxygen atoms in total. The Labute approximate surface area is 114 Å². The molecular formula is C12H20N4O2S. The quantitative estimate of drug-likeness (QED) is 0.815. The van der Waals surface area contributed by atoms with E-state index in [-0.39, 0.29) is 6.04 Å². The SMILES string of the molecule is Cc1cncc(N2CCCC(N(C)S(C)(=O)=O)C2)n1. The van der Waals surface area contributed by atoms with Crippen LogP contribution < -0.4 is 4.90 Å². The molecule has 1 unspecified atom stereocenters. The molecule has 0 amide bonds. The van der Waals surface area contributed by atoms with Gasteiger partial charge in [0.15, 0.2) is 0 Å². The number of hydrogen-bond acceptors (Lipinski definition) is 5. The minimum atomic E-state index is -3.15. The van der Waals surface area contributed by atoms with Gasteiger partial charge >= 0.3 is 0 Å². The molecule has 0 aromatic carbocycles. The molecule has 2 rings (SSSR count). The van der Waals surface area contributed by atoms with E-state index in [0.29, 0.717) is 6.54 Å². The topological polar surface area (TPSA) is 66.4 Å². The highest BCUT2D eigenvalue weighted by atomic mass is 32.2. The van der Waals surface area contributed by atoms with Gasteiger partial charge in [0.25, 0.3) is 0 Å². The third-order valence-electron chi connectivity index (χ3n) is 3.50. The van der Waals surface area contributed by atoms with Crippen LogP contribution in [0.4, 0.5) is 5.82 Å². The molecule has 1 atom stereocenters. The van der Waals surface area contributed by atoms with Crippen molar-refractivity contribution in [1.82, 2.24) is 14.3 Å². The number of sulfonamides is 1. The number of aryl methyl sites for hydroxylation is 1. The van der Waals surface area contributed by atoms with E-state index >= 15 is 0 Å². The normalized spacial score (nSPS) is 20.8. The highest BCUT2D eigenvalue weighted by molar-refractivity contribution is 7.88. The molecule has 2 heterocycles. The van der Waals surface area contributed by atoms with E-state index < -0.39 is 10.0 Å². The Hall–Kier alpha value is -1.21. The van der Waals surface area contributed by atoms with Gasteiger partial charge in [0.1, 0.15) is 5.82 Å². The third-order valence-corrected chi connectivity index (χ3v) is 4.84. The molecule has 1 saturated heterocycles. The molecule has 0 spiro atoms. The van der Waals surface area contributed by atoms with Gasteiger partial charge < -0.3 is 4.90 Å². The van der Waals surface area contributed by atoms with Crippen molar-refractivity contribution in [2.45, 2.75) is 25.8 Å². The van der Waals surface area contributed by atoms with Crippen LogP contribution in [0, 0.1) is 6.92 Å². The monoisotopic (exact) mass is 284 g/mol. The lowest BCUT2D eigenvalue weighted by Gasteiger charge is -2.37. The van der Waals surface area contributed by atoms with Crippen molar-refractivity contribution in [2.24, 2.45) is 0 Å². The summed E-state index contributed by atoms with van der Waals surface area (Å²) in [4.78, 5) is 10.7. The van der Waals surface area contributed by atoms with E-state index in [2.05, 4.69) is 14.9 Å². The fourth-order valence-corrected chi connectivity index (χ4v) is 3.05. The molecule has 1 fully saturated rings. The maximum Gasteiger partial charge on any atom is 0.211 e. The largest absolute Gasteiger partial charge is 0.354 e. The molecule has 0 radical (unpaired) electrons. The average Bonchev–Trinajstić information content (AvgIpc) is 2.37. The van der Waals surface area contributed by atoms with Crippen LogP contribution in [0.5, 0.6) is 0 Å². The van der Waals surface area contributed by atoms with Gasteiger partial charge in [-0.05, 0) is 19.8 Å². The maximum absolute atomic E-state index is 11.6. The lowest BCUT2D eigenvalue weighted by molar-refractivity contribution is 0.321. The molecule has 106 valence electrons. The van der Waals surface area contributed by atoms with Crippen molar-refractivity contribution >= 4 is 15.8 Å². The standard InChI is InChI=1S/C12H20N4O2S/c1-10-7-13-8-12(14-10)16-6-4-5-11(9-16)15(2)19(3,17)18/h7-8,11H,4-6,9H2,1-3H3. The van der Waals surface area contributed by atoms with Crippen molar-refractivity contribution in [3.63, 3.8) is 0 Å². The predicted molar refractivity (Wildman–Crippen MR) is 74.6 cm³/mol. The minimum Gasteiger partial charge on any atom is -0.354 e. The van der Waals surface area contributed by atoms with Gasteiger partial charge in [-0.25, -0.2) is 17.7 Å². The van der Waals surface area contributed by atoms with E-state index in [1.807, 2.05) is 6.92 Å². The fourth-order valence-electron chi connectivity index (χ4n) is 2.33. The molecule has 7 heteroatoms. The van der Waals surface area contributed by atoms with E-state index in [1.165, 1.54) is 10.6 Å². The molecule has 1 aliphatic heterocycles. The van der Waals surface area contributed by atoms with Crippen molar-refractivity contribution < 1.29 is 8.42 Å². The fraction of sp³-hybridized carbons (Fsp3) is 0.667. The highest BCUT2D eigenvalue weighted by Crippen LogP contribution is 2.21. The highest BCUT2D eigenvalue weighted by Gasteiger charge is 2.28. The summed E-state index contributed by atoms with van der Waals surface area (Å²) in [7, 11) is -1.50. The van der Waals surface area contributed by atoms with Crippen LogP contribution in [0.25, 0.3) is 0 Å². The number of piperidine rings is 1. The number of likely N-dealkylation sites (N-methyl/N-ethyl adjacent to an activating group) is 1. The number of nitrogens with zero attached hydrogens (tertiary/aromatic N) is 4. The van der Waals surface area contributed by atoms with Crippen LogP contribution in [0.3, 0.4) is 0 Å². The van der Waals surface area contributed by atoms with Gasteiger partial charge in [-0.3, -0.25) is 4.98 Å². The molecule has 19 heavy (non-hydrogen) atoms. The molecule has 0 bridgehead atoms. The van der Waals surface area contributed by atoms with Crippen LogP contribution >= 0.6 is 0 Å². The van der Waals surface area contributed by atoms with E-state index in [0.717, 1.165) is 30.9 Å². The smallest absolute Gasteiger partial charge is 0.211 e. The number of anilines is 1. The summed E-state index contributed by atoms with van der Waals surface area (Å²) in [6.45, 7) is 3.47.